The number of nitrogens with one attached hydrogen (secondary N) is 1. The molecular formula is C12H15N3S2. The molecule has 0 aliphatic carbocycles. The predicted molar refractivity (Wildman–Crippen MR) is 74.8 cm³/mol. The molecule has 0 saturated carbocycles. The fraction of sp³-hybridized carbons (Fsp3) is 0.333. The van der Waals surface area contributed by atoms with Crippen LogP contribution in [0.2, 0.25) is 0 Å². The van der Waals surface area contributed by atoms with E-state index >= 15 is 0 Å². The number of benzene rings is 1. The maximum Gasteiger partial charge on any atom is 0.202 e. The third-order valence-electron chi connectivity index (χ3n) is 2.15. The zero-order valence-corrected chi connectivity index (χ0v) is 11.6. The summed E-state index contributed by atoms with van der Waals surface area (Å²) < 4.78 is 4.32. The highest BCUT2D eigenvalue weighted by molar-refractivity contribution is 7.98. The Balaban J connectivity index is 1.93. The van der Waals surface area contributed by atoms with Gasteiger partial charge in [-0.25, -0.2) is 4.98 Å². The average molecular weight is 265 g/mol. The highest BCUT2D eigenvalue weighted by Gasteiger charge is 2.03. The Kier molecular flexibility index (Phi) is 4.39. The van der Waals surface area contributed by atoms with Crippen LogP contribution >= 0.6 is 23.3 Å². The monoisotopic (exact) mass is 265 g/mol. The zero-order valence-electron chi connectivity index (χ0n) is 9.93. The first-order chi connectivity index (χ1) is 8.28. The van der Waals surface area contributed by atoms with Crippen molar-refractivity contribution in [2.45, 2.75) is 24.5 Å². The molecule has 2 aromatic rings. The molecule has 0 aliphatic heterocycles. The fourth-order valence-electron chi connectivity index (χ4n) is 1.39. The molecule has 0 atom stereocenters. The van der Waals surface area contributed by atoms with Gasteiger partial charge in [0.05, 0.1) is 5.75 Å². The molecule has 0 spiro atoms. The second-order valence-electron chi connectivity index (χ2n) is 3.65. The van der Waals surface area contributed by atoms with Crippen LogP contribution in [0.5, 0.6) is 0 Å². The lowest BCUT2D eigenvalue weighted by atomic mass is 10.2. The van der Waals surface area contributed by atoms with Crippen molar-refractivity contribution in [2.24, 2.45) is 0 Å². The van der Waals surface area contributed by atoms with Crippen LogP contribution in [0.3, 0.4) is 0 Å². The molecule has 1 aromatic carbocycles. The molecule has 0 amide bonds. The third kappa shape index (κ3) is 3.71. The van der Waals surface area contributed by atoms with Crippen molar-refractivity contribution in [3.8, 4) is 0 Å². The summed E-state index contributed by atoms with van der Waals surface area (Å²) >= 11 is 3.20. The molecule has 17 heavy (non-hydrogen) atoms. The average Bonchev–Trinajstić information content (AvgIpc) is 2.75. The van der Waals surface area contributed by atoms with E-state index in [1.807, 2.05) is 0 Å². The molecule has 0 fully saturated rings. The minimum atomic E-state index is 0.825. The minimum Gasteiger partial charge on any atom is -0.361 e. The maximum absolute atomic E-state index is 4.41. The van der Waals surface area contributed by atoms with Gasteiger partial charge in [0.25, 0.3) is 0 Å². The highest BCUT2D eigenvalue weighted by atomic mass is 32.2. The van der Waals surface area contributed by atoms with E-state index in [2.05, 4.69) is 52.8 Å². The van der Waals surface area contributed by atoms with Gasteiger partial charge in [0, 0.05) is 23.0 Å². The topological polar surface area (TPSA) is 37.8 Å². The second-order valence-corrected chi connectivity index (χ2v) is 5.45. The van der Waals surface area contributed by atoms with E-state index in [4.69, 9.17) is 0 Å². The molecule has 1 N–H and O–H groups in total. The molecule has 1 aromatic heterocycles. The predicted octanol–water partition coefficient (Wildman–Crippen LogP) is 3.57. The third-order valence-corrected chi connectivity index (χ3v) is 3.85. The molecule has 5 heteroatoms. The van der Waals surface area contributed by atoms with Crippen molar-refractivity contribution in [3.63, 3.8) is 0 Å². The van der Waals surface area contributed by atoms with E-state index in [0.29, 0.717) is 0 Å². The molecule has 1 heterocycles. The van der Waals surface area contributed by atoms with Crippen LogP contribution in [0.4, 0.5) is 5.13 Å². The van der Waals surface area contributed by atoms with Gasteiger partial charge in [-0.15, -0.1) is 11.8 Å². The lowest BCUT2D eigenvalue weighted by molar-refractivity contribution is 1.11. The number of aryl methyl sites for hydroxylation is 1. The Morgan fingerprint density at radius 3 is 3.06 bits per heavy atom. The molecule has 0 radical (unpaired) electrons. The Morgan fingerprint density at radius 2 is 2.29 bits per heavy atom. The van der Waals surface area contributed by atoms with Crippen LogP contribution < -0.4 is 5.32 Å². The lowest BCUT2D eigenvalue weighted by Gasteiger charge is -1.99. The summed E-state index contributed by atoms with van der Waals surface area (Å²) in [6.45, 7) is 5.05. The summed E-state index contributed by atoms with van der Waals surface area (Å²) in [5.41, 5.74) is 1.29. The van der Waals surface area contributed by atoms with Gasteiger partial charge in [-0.2, -0.15) is 4.37 Å². The Labute approximate surface area is 110 Å². The van der Waals surface area contributed by atoms with Gasteiger partial charge in [-0.05, 0) is 26.0 Å². The van der Waals surface area contributed by atoms with Gasteiger partial charge in [0.1, 0.15) is 0 Å². The van der Waals surface area contributed by atoms with E-state index in [9.17, 15) is 0 Å². The van der Waals surface area contributed by atoms with Gasteiger partial charge in [0.15, 0.2) is 5.82 Å². The lowest BCUT2D eigenvalue weighted by Crippen LogP contribution is -1.95. The van der Waals surface area contributed by atoms with E-state index in [0.717, 1.165) is 23.3 Å². The Hall–Kier alpha value is -1.07. The van der Waals surface area contributed by atoms with Crippen LogP contribution in [0.25, 0.3) is 0 Å². The van der Waals surface area contributed by atoms with Crippen molar-refractivity contribution < 1.29 is 0 Å². The van der Waals surface area contributed by atoms with Crippen molar-refractivity contribution >= 4 is 28.4 Å². The minimum absolute atomic E-state index is 0.825. The van der Waals surface area contributed by atoms with Gasteiger partial charge in [-0.1, -0.05) is 17.7 Å². The fourth-order valence-corrected chi connectivity index (χ4v) is 2.99. The summed E-state index contributed by atoms with van der Waals surface area (Å²) in [6.07, 6.45) is 0. The van der Waals surface area contributed by atoms with E-state index in [1.165, 1.54) is 22.0 Å². The number of hydrogen-bond acceptors (Lipinski definition) is 5. The molecule has 0 aliphatic rings. The van der Waals surface area contributed by atoms with E-state index in [1.54, 1.807) is 11.8 Å². The van der Waals surface area contributed by atoms with Gasteiger partial charge in [0.2, 0.25) is 5.13 Å². The molecule has 0 bridgehead atoms. The highest BCUT2D eigenvalue weighted by Crippen LogP contribution is 2.23. The number of aromatic nitrogens is 2. The van der Waals surface area contributed by atoms with Crippen molar-refractivity contribution in [1.29, 1.82) is 0 Å². The van der Waals surface area contributed by atoms with Crippen LogP contribution in [-0.4, -0.2) is 15.9 Å². The molecule has 90 valence electrons. The molecule has 3 nitrogen and oxygen atoms in total. The molecule has 2 rings (SSSR count). The summed E-state index contributed by atoms with van der Waals surface area (Å²) in [6, 6.07) is 8.49. The number of anilines is 1. The standard InChI is InChI=1S/C12H15N3S2/c1-3-13-12-14-11(15-17-12)8-16-10-6-4-5-9(2)7-10/h4-7H,3,8H2,1-2H3,(H,13,14,15). The molecular weight excluding hydrogens is 250 g/mol. The number of rotatable bonds is 5. The van der Waals surface area contributed by atoms with Gasteiger partial charge >= 0.3 is 0 Å². The number of hydrogen-bond donors (Lipinski definition) is 1. The van der Waals surface area contributed by atoms with Gasteiger partial charge < -0.3 is 5.32 Å². The van der Waals surface area contributed by atoms with Crippen LogP contribution in [0.15, 0.2) is 29.2 Å². The summed E-state index contributed by atoms with van der Waals surface area (Å²) in [5.74, 6) is 1.73. The van der Waals surface area contributed by atoms with Crippen molar-refractivity contribution in [2.75, 3.05) is 11.9 Å². The smallest absolute Gasteiger partial charge is 0.202 e. The Bertz CT molecular complexity index is 482. The van der Waals surface area contributed by atoms with Crippen LogP contribution in [-0.2, 0) is 5.75 Å². The zero-order chi connectivity index (χ0) is 12.1. The second kappa shape index (κ2) is 6.02. The van der Waals surface area contributed by atoms with E-state index in [-0.39, 0.29) is 0 Å². The SMILES string of the molecule is CCNc1nc(CSc2cccc(C)c2)ns1. The summed E-state index contributed by atoms with van der Waals surface area (Å²) in [7, 11) is 0. The number of nitrogens with zero attached hydrogens (tertiary/aromatic N) is 2. The first-order valence-corrected chi connectivity index (χ1v) is 7.29. The van der Waals surface area contributed by atoms with Gasteiger partial charge in [-0.3, -0.25) is 0 Å². The summed E-state index contributed by atoms with van der Waals surface area (Å²) in [5, 5.41) is 4.08. The molecule has 0 unspecified atom stereocenters. The maximum atomic E-state index is 4.41. The largest absolute Gasteiger partial charge is 0.361 e. The van der Waals surface area contributed by atoms with Crippen LogP contribution in [0, 0.1) is 6.92 Å². The van der Waals surface area contributed by atoms with Crippen molar-refractivity contribution in [3.05, 3.63) is 35.7 Å². The normalized spacial score (nSPS) is 10.5. The van der Waals surface area contributed by atoms with E-state index < -0.39 is 0 Å². The van der Waals surface area contributed by atoms with Crippen molar-refractivity contribution in [1.82, 2.24) is 9.36 Å². The molecule has 0 saturated heterocycles. The number of thioether (sulfide) groups is 1. The van der Waals surface area contributed by atoms with Crippen LogP contribution in [0.1, 0.15) is 18.3 Å². The first-order valence-electron chi connectivity index (χ1n) is 5.54. The Morgan fingerprint density at radius 1 is 1.41 bits per heavy atom. The summed E-state index contributed by atoms with van der Waals surface area (Å²) in [4.78, 5) is 5.68. The first kappa shape index (κ1) is 12.4. The quantitative estimate of drug-likeness (QED) is 0.839.